The predicted octanol–water partition coefficient (Wildman–Crippen LogP) is 0.745. The second-order valence-electron chi connectivity index (χ2n) is 4.42. The second-order valence-corrected chi connectivity index (χ2v) is 4.42. The van der Waals surface area contributed by atoms with Gasteiger partial charge in [-0.2, -0.15) is 0 Å². The summed E-state index contributed by atoms with van der Waals surface area (Å²) in [5, 5.41) is 11.1. The third kappa shape index (κ3) is 4.02. The number of hydrogen-bond donors (Lipinski definition) is 1. The highest BCUT2D eigenvalue weighted by Crippen LogP contribution is 2.29. The minimum absolute atomic E-state index is 0.0962. The van der Waals surface area contributed by atoms with Crippen molar-refractivity contribution in [2.24, 2.45) is 0 Å². The largest absolute Gasteiger partial charge is 0.378 e. The molecular weight excluding hydrogens is 248 g/mol. The van der Waals surface area contributed by atoms with Crippen molar-refractivity contribution in [3.63, 3.8) is 0 Å². The van der Waals surface area contributed by atoms with Crippen LogP contribution in [0.5, 0.6) is 0 Å². The van der Waals surface area contributed by atoms with E-state index in [0.29, 0.717) is 18.9 Å². The molecule has 1 rings (SSSR count). The molecule has 0 bridgehead atoms. The molecule has 0 amide bonds. The Morgan fingerprint density at radius 2 is 2.05 bits per heavy atom. The SMILES string of the molecule is CCN(CCCN(C)C)c1ncnc(N)c1[N+](=O)[O-]. The first kappa shape index (κ1) is 15.1. The molecule has 106 valence electrons. The molecule has 0 aliphatic rings. The molecule has 19 heavy (non-hydrogen) atoms. The normalized spacial score (nSPS) is 10.7. The van der Waals surface area contributed by atoms with E-state index >= 15 is 0 Å². The summed E-state index contributed by atoms with van der Waals surface area (Å²) in [5.41, 5.74) is 5.35. The maximum absolute atomic E-state index is 11.1. The number of nitrogens with zero attached hydrogens (tertiary/aromatic N) is 5. The highest BCUT2D eigenvalue weighted by Gasteiger charge is 2.24. The van der Waals surface area contributed by atoms with Crippen LogP contribution in [-0.4, -0.2) is 53.5 Å². The number of aromatic nitrogens is 2. The van der Waals surface area contributed by atoms with Crippen molar-refractivity contribution >= 4 is 17.3 Å². The van der Waals surface area contributed by atoms with Gasteiger partial charge in [0, 0.05) is 13.1 Å². The number of anilines is 2. The quantitative estimate of drug-likeness (QED) is 0.575. The summed E-state index contributed by atoms with van der Waals surface area (Å²) in [7, 11) is 3.98. The number of rotatable bonds is 7. The average Bonchev–Trinajstić information content (AvgIpc) is 2.33. The Balaban J connectivity index is 2.92. The van der Waals surface area contributed by atoms with Crippen LogP contribution in [0.4, 0.5) is 17.3 Å². The smallest absolute Gasteiger partial charge is 0.353 e. The first-order valence-electron chi connectivity index (χ1n) is 6.11. The molecule has 0 unspecified atom stereocenters. The molecule has 1 aromatic rings. The Morgan fingerprint density at radius 3 is 2.58 bits per heavy atom. The van der Waals surface area contributed by atoms with E-state index in [1.54, 1.807) is 0 Å². The van der Waals surface area contributed by atoms with E-state index in [1.165, 1.54) is 6.33 Å². The van der Waals surface area contributed by atoms with Crippen molar-refractivity contribution in [2.45, 2.75) is 13.3 Å². The third-order valence-corrected chi connectivity index (χ3v) is 2.73. The van der Waals surface area contributed by atoms with Gasteiger partial charge in [0.1, 0.15) is 6.33 Å². The Hall–Kier alpha value is -1.96. The van der Waals surface area contributed by atoms with E-state index in [2.05, 4.69) is 14.9 Å². The van der Waals surface area contributed by atoms with E-state index in [-0.39, 0.29) is 11.5 Å². The summed E-state index contributed by atoms with van der Waals surface area (Å²) < 4.78 is 0. The topological polar surface area (TPSA) is 101 Å². The maximum Gasteiger partial charge on any atom is 0.353 e. The molecule has 0 radical (unpaired) electrons. The molecule has 1 aromatic heterocycles. The van der Waals surface area contributed by atoms with Crippen LogP contribution in [-0.2, 0) is 0 Å². The maximum atomic E-state index is 11.1. The molecule has 0 fully saturated rings. The van der Waals surface area contributed by atoms with Crippen LogP contribution in [0.15, 0.2) is 6.33 Å². The van der Waals surface area contributed by atoms with Gasteiger partial charge < -0.3 is 15.5 Å². The van der Waals surface area contributed by atoms with Crippen LogP contribution in [0, 0.1) is 10.1 Å². The summed E-state index contributed by atoms with van der Waals surface area (Å²) in [6, 6.07) is 0. The molecule has 8 nitrogen and oxygen atoms in total. The van der Waals surface area contributed by atoms with Crippen LogP contribution in [0.25, 0.3) is 0 Å². The van der Waals surface area contributed by atoms with Crippen molar-refractivity contribution in [1.82, 2.24) is 14.9 Å². The van der Waals surface area contributed by atoms with Gasteiger partial charge in [-0.25, -0.2) is 9.97 Å². The van der Waals surface area contributed by atoms with Gasteiger partial charge in [-0.3, -0.25) is 10.1 Å². The number of nitrogen functional groups attached to an aromatic ring is 1. The van der Waals surface area contributed by atoms with Crippen LogP contribution in [0.2, 0.25) is 0 Å². The van der Waals surface area contributed by atoms with Crippen molar-refractivity contribution < 1.29 is 4.92 Å². The van der Waals surface area contributed by atoms with E-state index in [9.17, 15) is 10.1 Å². The summed E-state index contributed by atoms with van der Waals surface area (Å²) in [6.45, 7) is 4.15. The van der Waals surface area contributed by atoms with Crippen molar-refractivity contribution in [1.29, 1.82) is 0 Å². The first-order valence-corrected chi connectivity index (χ1v) is 6.11. The summed E-state index contributed by atoms with van der Waals surface area (Å²) in [5.74, 6) is 0.194. The van der Waals surface area contributed by atoms with E-state index in [1.807, 2.05) is 25.9 Å². The van der Waals surface area contributed by atoms with Crippen LogP contribution in [0.1, 0.15) is 13.3 Å². The zero-order valence-corrected chi connectivity index (χ0v) is 11.5. The molecule has 0 saturated carbocycles. The fourth-order valence-corrected chi connectivity index (χ4v) is 1.78. The third-order valence-electron chi connectivity index (χ3n) is 2.73. The Labute approximate surface area is 112 Å². The van der Waals surface area contributed by atoms with Crippen LogP contribution < -0.4 is 10.6 Å². The Bertz CT molecular complexity index is 437. The van der Waals surface area contributed by atoms with Gasteiger partial charge in [0.25, 0.3) is 0 Å². The second kappa shape index (κ2) is 6.83. The van der Waals surface area contributed by atoms with Gasteiger partial charge in [0.15, 0.2) is 0 Å². The van der Waals surface area contributed by atoms with Gasteiger partial charge >= 0.3 is 5.69 Å². The molecule has 0 aliphatic heterocycles. The highest BCUT2D eigenvalue weighted by atomic mass is 16.6. The highest BCUT2D eigenvalue weighted by molar-refractivity contribution is 5.68. The summed E-state index contributed by atoms with van der Waals surface area (Å²) in [4.78, 5) is 22.1. The van der Waals surface area contributed by atoms with Crippen molar-refractivity contribution in [2.75, 3.05) is 44.4 Å². The van der Waals surface area contributed by atoms with E-state index in [0.717, 1.165) is 13.0 Å². The monoisotopic (exact) mass is 268 g/mol. The molecular formula is C11H20N6O2. The van der Waals surface area contributed by atoms with Gasteiger partial charge in [-0.05, 0) is 34.0 Å². The molecule has 1 heterocycles. The minimum atomic E-state index is -0.528. The summed E-state index contributed by atoms with van der Waals surface area (Å²) in [6.07, 6.45) is 2.15. The zero-order chi connectivity index (χ0) is 14.4. The lowest BCUT2D eigenvalue weighted by molar-refractivity contribution is -0.383. The predicted molar refractivity (Wildman–Crippen MR) is 74.2 cm³/mol. The summed E-state index contributed by atoms with van der Waals surface area (Å²) >= 11 is 0. The number of nitro groups is 1. The lowest BCUT2D eigenvalue weighted by Gasteiger charge is -2.22. The molecule has 8 heteroatoms. The van der Waals surface area contributed by atoms with Crippen molar-refractivity contribution in [3.8, 4) is 0 Å². The standard InChI is InChI=1S/C11H20N6O2/c1-4-16(7-5-6-15(2)3)11-9(17(18)19)10(12)13-8-14-11/h8H,4-7H2,1-3H3,(H2,12,13,14). The first-order chi connectivity index (χ1) is 8.97. The van der Waals surface area contributed by atoms with E-state index < -0.39 is 4.92 Å². The Kier molecular flexibility index (Phi) is 5.43. The minimum Gasteiger partial charge on any atom is -0.378 e. The van der Waals surface area contributed by atoms with Crippen LogP contribution in [0.3, 0.4) is 0 Å². The van der Waals surface area contributed by atoms with Gasteiger partial charge in [0.2, 0.25) is 11.6 Å². The van der Waals surface area contributed by atoms with Gasteiger partial charge in [0.05, 0.1) is 4.92 Å². The fourth-order valence-electron chi connectivity index (χ4n) is 1.78. The number of nitrogens with two attached hydrogens (primary N) is 1. The van der Waals surface area contributed by atoms with Gasteiger partial charge in [-0.1, -0.05) is 0 Å². The van der Waals surface area contributed by atoms with E-state index in [4.69, 9.17) is 5.73 Å². The zero-order valence-electron chi connectivity index (χ0n) is 11.5. The lowest BCUT2D eigenvalue weighted by atomic mass is 10.3. The molecule has 0 spiro atoms. The molecule has 0 aromatic carbocycles. The Morgan fingerprint density at radius 1 is 1.37 bits per heavy atom. The molecule has 2 N–H and O–H groups in total. The van der Waals surface area contributed by atoms with Crippen LogP contribution >= 0.6 is 0 Å². The lowest BCUT2D eigenvalue weighted by Crippen LogP contribution is -2.28. The fraction of sp³-hybridized carbons (Fsp3) is 0.636. The average molecular weight is 268 g/mol. The number of hydrogen-bond acceptors (Lipinski definition) is 7. The van der Waals surface area contributed by atoms with Gasteiger partial charge in [-0.15, -0.1) is 0 Å². The molecule has 0 saturated heterocycles. The van der Waals surface area contributed by atoms with Crippen molar-refractivity contribution in [3.05, 3.63) is 16.4 Å². The molecule has 0 aliphatic carbocycles. The molecule has 0 atom stereocenters.